The summed E-state index contributed by atoms with van der Waals surface area (Å²) < 4.78 is 12.1. The second-order valence-electron chi connectivity index (χ2n) is 10.3. The van der Waals surface area contributed by atoms with Gasteiger partial charge in [0.25, 0.3) is 0 Å². The number of likely N-dealkylation sites (tertiary alicyclic amines) is 1. The van der Waals surface area contributed by atoms with Crippen molar-refractivity contribution in [2.75, 3.05) is 23.7 Å². The van der Waals surface area contributed by atoms with E-state index in [4.69, 9.17) is 0 Å². The van der Waals surface area contributed by atoms with Crippen molar-refractivity contribution in [3.05, 3.63) is 89.4 Å². The van der Waals surface area contributed by atoms with E-state index in [1.165, 1.54) is 12.1 Å². The molecule has 1 aliphatic heterocycles. The maximum Gasteiger partial charge on any atom is 0.243 e. The average Bonchev–Trinajstić information content (AvgIpc) is 2.89. The van der Waals surface area contributed by atoms with E-state index in [9.17, 15) is 18.8 Å². The Morgan fingerprint density at radius 3 is 2.38 bits per heavy atom. The molecule has 3 amide bonds. The molecule has 1 aliphatic rings. The van der Waals surface area contributed by atoms with Crippen LogP contribution in [0.3, 0.4) is 0 Å². The van der Waals surface area contributed by atoms with Crippen LogP contribution in [0.25, 0.3) is 0 Å². The predicted octanol–water partition coefficient (Wildman–Crippen LogP) is 5.55. The number of pyridine rings is 1. The van der Waals surface area contributed by atoms with Gasteiger partial charge in [-0.1, -0.05) is 50.6 Å². The standard InChI is InChI=1S/C24H30N4O3.C7H7F/c1-4-17-9-10-19(14-18(17)15-21(29)27-20-8-5-6-12-25-20)26-22(30)16-28-13-7-11-24(2,3)23(28)31;1-6-2-4-7(8)5-3-6/h5-6,8-10,12,14H,4,7,11,13,15-16H2,1-3H3,(H,26,30)(H,25,27,29);2-5H,1H3. The average molecular weight is 533 g/mol. The van der Waals surface area contributed by atoms with Crippen LogP contribution in [0.5, 0.6) is 0 Å². The van der Waals surface area contributed by atoms with E-state index in [1.807, 2.05) is 52.0 Å². The van der Waals surface area contributed by atoms with Crippen molar-refractivity contribution >= 4 is 29.2 Å². The smallest absolute Gasteiger partial charge is 0.243 e. The Morgan fingerprint density at radius 1 is 1.00 bits per heavy atom. The maximum absolute atomic E-state index is 12.6. The van der Waals surface area contributed by atoms with Gasteiger partial charge in [-0.25, -0.2) is 9.37 Å². The Bertz CT molecular complexity index is 1260. The molecule has 206 valence electrons. The van der Waals surface area contributed by atoms with Gasteiger partial charge in [0.05, 0.1) is 13.0 Å². The number of hydrogen-bond donors (Lipinski definition) is 2. The van der Waals surface area contributed by atoms with Crippen molar-refractivity contribution in [1.29, 1.82) is 0 Å². The van der Waals surface area contributed by atoms with Crippen molar-refractivity contribution < 1.29 is 18.8 Å². The van der Waals surface area contributed by atoms with Crippen LogP contribution in [-0.4, -0.2) is 40.7 Å². The van der Waals surface area contributed by atoms with Crippen molar-refractivity contribution in [2.24, 2.45) is 5.41 Å². The van der Waals surface area contributed by atoms with Gasteiger partial charge in [0.2, 0.25) is 17.7 Å². The fraction of sp³-hybridized carbons (Fsp3) is 0.355. The lowest BCUT2D eigenvalue weighted by atomic mass is 9.83. The molecule has 1 aromatic heterocycles. The number of nitrogens with zero attached hydrogens (tertiary/aromatic N) is 2. The van der Waals surface area contributed by atoms with Gasteiger partial charge in [-0.05, 0) is 73.7 Å². The first-order valence-electron chi connectivity index (χ1n) is 13.2. The number of aryl methyl sites for hydroxylation is 2. The van der Waals surface area contributed by atoms with Crippen LogP contribution in [0.15, 0.2) is 66.9 Å². The number of piperidine rings is 1. The second kappa shape index (κ2) is 13.6. The second-order valence-corrected chi connectivity index (χ2v) is 10.3. The number of carbonyl (C=O) groups excluding carboxylic acids is 3. The topological polar surface area (TPSA) is 91.4 Å². The van der Waals surface area contributed by atoms with Crippen molar-refractivity contribution in [3.63, 3.8) is 0 Å². The highest BCUT2D eigenvalue weighted by Crippen LogP contribution is 2.29. The first-order valence-corrected chi connectivity index (χ1v) is 13.2. The highest BCUT2D eigenvalue weighted by molar-refractivity contribution is 5.96. The van der Waals surface area contributed by atoms with Gasteiger partial charge in [-0.3, -0.25) is 14.4 Å². The summed E-state index contributed by atoms with van der Waals surface area (Å²) in [5.74, 6) is -0.0564. The summed E-state index contributed by atoms with van der Waals surface area (Å²) >= 11 is 0. The highest BCUT2D eigenvalue weighted by Gasteiger charge is 2.36. The fourth-order valence-corrected chi connectivity index (χ4v) is 4.42. The lowest BCUT2D eigenvalue weighted by Crippen LogP contribution is -2.48. The van der Waals surface area contributed by atoms with Crippen LogP contribution in [0.4, 0.5) is 15.9 Å². The summed E-state index contributed by atoms with van der Waals surface area (Å²) in [5, 5.41) is 5.66. The summed E-state index contributed by atoms with van der Waals surface area (Å²) in [5.41, 5.74) is 3.18. The number of carbonyl (C=O) groups is 3. The van der Waals surface area contributed by atoms with E-state index < -0.39 is 5.41 Å². The van der Waals surface area contributed by atoms with E-state index in [-0.39, 0.29) is 36.5 Å². The van der Waals surface area contributed by atoms with Gasteiger partial charge >= 0.3 is 0 Å². The summed E-state index contributed by atoms with van der Waals surface area (Å²) in [6.45, 7) is 8.43. The molecule has 0 bridgehead atoms. The Labute approximate surface area is 229 Å². The van der Waals surface area contributed by atoms with Gasteiger partial charge in [0.1, 0.15) is 11.6 Å². The summed E-state index contributed by atoms with van der Waals surface area (Å²) in [6.07, 6.45) is 4.32. The molecule has 0 radical (unpaired) electrons. The Balaban J connectivity index is 0.000000449. The number of rotatable bonds is 7. The molecule has 8 heteroatoms. The molecule has 2 heterocycles. The Morgan fingerprint density at radius 2 is 1.74 bits per heavy atom. The van der Waals surface area contributed by atoms with E-state index in [0.717, 1.165) is 36.0 Å². The minimum atomic E-state index is -0.421. The van der Waals surface area contributed by atoms with Gasteiger partial charge in [0, 0.05) is 23.8 Å². The van der Waals surface area contributed by atoms with Crippen LogP contribution >= 0.6 is 0 Å². The van der Waals surface area contributed by atoms with Gasteiger partial charge in [-0.2, -0.15) is 0 Å². The number of aromatic nitrogens is 1. The quantitative estimate of drug-likeness (QED) is 0.418. The highest BCUT2D eigenvalue weighted by atomic mass is 19.1. The number of nitrogens with one attached hydrogen (secondary N) is 2. The largest absolute Gasteiger partial charge is 0.333 e. The van der Waals surface area contributed by atoms with Crippen LogP contribution < -0.4 is 10.6 Å². The van der Waals surface area contributed by atoms with Gasteiger partial charge in [0.15, 0.2) is 0 Å². The fourth-order valence-electron chi connectivity index (χ4n) is 4.42. The van der Waals surface area contributed by atoms with Crippen LogP contribution in [0, 0.1) is 18.2 Å². The minimum absolute atomic E-state index is 0.0158. The summed E-state index contributed by atoms with van der Waals surface area (Å²) in [7, 11) is 0. The Kier molecular flexibility index (Phi) is 10.3. The number of halogens is 1. The SMILES string of the molecule is CCc1ccc(NC(=O)CN2CCCC(C)(C)C2=O)cc1CC(=O)Nc1ccccn1.Cc1ccc(F)cc1. The minimum Gasteiger partial charge on any atom is -0.333 e. The molecule has 7 nitrogen and oxygen atoms in total. The third-order valence-corrected chi connectivity index (χ3v) is 6.60. The molecule has 0 spiro atoms. The molecule has 2 N–H and O–H groups in total. The van der Waals surface area contributed by atoms with Crippen LogP contribution in [-0.2, 0) is 27.2 Å². The van der Waals surface area contributed by atoms with E-state index in [1.54, 1.807) is 35.4 Å². The number of amides is 3. The zero-order valence-electron chi connectivity index (χ0n) is 23.1. The van der Waals surface area contributed by atoms with Crippen molar-refractivity contribution in [3.8, 4) is 0 Å². The third kappa shape index (κ3) is 9.02. The first-order chi connectivity index (χ1) is 18.6. The summed E-state index contributed by atoms with van der Waals surface area (Å²) in [6, 6.07) is 17.3. The molecule has 0 atom stereocenters. The third-order valence-electron chi connectivity index (χ3n) is 6.60. The molecule has 39 heavy (non-hydrogen) atoms. The van der Waals surface area contributed by atoms with E-state index >= 15 is 0 Å². The zero-order valence-corrected chi connectivity index (χ0v) is 23.1. The predicted molar refractivity (Wildman–Crippen MR) is 152 cm³/mol. The Hall–Kier alpha value is -4.07. The normalized spacial score (nSPS) is 14.2. The molecule has 1 saturated heterocycles. The molecule has 2 aromatic carbocycles. The van der Waals surface area contributed by atoms with E-state index in [0.29, 0.717) is 18.1 Å². The molecule has 3 aromatic rings. The van der Waals surface area contributed by atoms with Crippen LogP contribution in [0.1, 0.15) is 50.3 Å². The lowest BCUT2D eigenvalue weighted by molar-refractivity contribution is -0.146. The van der Waals surface area contributed by atoms with Gasteiger partial charge in [-0.15, -0.1) is 0 Å². The molecule has 0 saturated carbocycles. The number of hydrogen-bond acceptors (Lipinski definition) is 4. The molecular weight excluding hydrogens is 495 g/mol. The zero-order chi connectivity index (χ0) is 28.4. The molecule has 4 rings (SSSR count). The van der Waals surface area contributed by atoms with Gasteiger partial charge < -0.3 is 15.5 Å². The molecular formula is C31H37FN4O3. The van der Waals surface area contributed by atoms with Crippen LogP contribution in [0.2, 0.25) is 0 Å². The first kappa shape index (κ1) is 29.5. The maximum atomic E-state index is 12.6. The molecule has 1 fully saturated rings. The number of benzene rings is 2. The molecule has 0 aliphatic carbocycles. The summed E-state index contributed by atoms with van der Waals surface area (Å²) in [4.78, 5) is 43.3. The lowest BCUT2D eigenvalue weighted by Gasteiger charge is -2.36. The van der Waals surface area contributed by atoms with E-state index in [2.05, 4.69) is 15.6 Å². The van der Waals surface area contributed by atoms with Crippen molar-refractivity contribution in [2.45, 2.75) is 53.4 Å². The molecule has 0 unspecified atom stereocenters. The number of anilines is 2. The monoisotopic (exact) mass is 532 g/mol. The van der Waals surface area contributed by atoms with Crippen molar-refractivity contribution in [1.82, 2.24) is 9.88 Å².